The molecule has 0 fully saturated rings. The summed E-state index contributed by atoms with van der Waals surface area (Å²) in [4.78, 5) is 10.9. The maximum atomic E-state index is 13.5. The fourth-order valence-electron chi connectivity index (χ4n) is 1.78. The van der Waals surface area contributed by atoms with Crippen molar-refractivity contribution in [3.8, 4) is 11.3 Å². The molecule has 2 heterocycles. The van der Waals surface area contributed by atoms with Gasteiger partial charge in [-0.05, 0) is 17.8 Å². The quantitative estimate of drug-likeness (QED) is 0.391. The summed E-state index contributed by atoms with van der Waals surface area (Å²) in [7, 11) is 3.76. The molecule has 0 saturated heterocycles. The van der Waals surface area contributed by atoms with E-state index in [2.05, 4.69) is 21.1 Å². The number of hydrogen-bond donors (Lipinski definition) is 0. The molecule has 3 aromatic rings. The van der Waals surface area contributed by atoms with E-state index in [1.54, 1.807) is 18.3 Å². The molecule has 0 spiro atoms. The number of nitrogens with one attached hydrogen (secondary N) is 1. The van der Waals surface area contributed by atoms with Crippen LogP contribution in [0.2, 0.25) is 0 Å². The molecule has 1 aromatic carbocycles. The molecule has 0 atom stereocenters. The second-order valence-electron chi connectivity index (χ2n) is 4.83. The van der Waals surface area contributed by atoms with Crippen molar-refractivity contribution >= 4 is 5.69 Å². The Balaban J connectivity index is 0.000000330. The monoisotopic (exact) mass is 524 g/mol. The van der Waals surface area contributed by atoms with Crippen molar-refractivity contribution in [2.45, 2.75) is 0 Å². The van der Waals surface area contributed by atoms with Gasteiger partial charge in [0.15, 0.2) is 0 Å². The summed E-state index contributed by atoms with van der Waals surface area (Å²) in [5.41, 5.74) is 1.51. The topological polar surface area (TPSA) is 67.0 Å². The van der Waals surface area contributed by atoms with Crippen molar-refractivity contribution in [1.29, 1.82) is 0 Å². The first-order valence-corrected chi connectivity index (χ1v) is 6.85. The van der Waals surface area contributed by atoms with Crippen molar-refractivity contribution in [2.24, 2.45) is 0 Å². The average molecular weight is 524 g/mol. The summed E-state index contributed by atoms with van der Waals surface area (Å²) in [6.07, 6.45) is 4.66. The molecule has 0 aliphatic heterocycles. The molecule has 0 bridgehead atoms. The van der Waals surface area contributed by atoms with Gasteiger partial charge in [-0.2, -0.15) is 0 Å². The smallest absolute Gasteiger partial charge is 0.0652 e. The maximum absolute atomic E-state index is 13.5. The fraction of sp³-hybridized carbons (Fsp3) is 0.125. The van der Waals surface area contributed by atoms with Crippen molar-refractivity contribution < 1.29 is 33.8 Å². The number of rotatable bonds is 3. The van der Waals surface area contributed by atoms with Crippen LogP contribution in [0.5, 0.6) is 0 Å². The standard InChI is InChI=1S/C13H11F2N2.C3H4N3O.Ir/c1-17(2)10-5-6-16-13(8-10)11-4-3-9(14)7-12(11)15;4-7-6-3-1-2-5-6;/h3,5-8H,1-2H3;1-4H;/q2*-1;. The van der Waals surface area contributed by atoms with E-state index in [0.29, 0.717) is 5.69 Å². The Bertz CT molecular complexity index is 784. The molecule has 25 heavy (non-hydrogen) atoms. The first-order valence-electron chi connectivity index (χ1n) is 6.85. The first kappa shape index (κ1) is 20.7. The summed E-state index contributed by atoms with van der Waals surface area (Å²) >= 11 is 0. The van der Waals surface area contributed by atoms with Gasteiger partial charge in [0.2, 0.25) is 0 Å². The molecule has 2 aromatic heterocycles. The summed E-state index contributed by atoms with van der Waals surface area (Å²) in [6.45, 7) is 0. The van der Waals surface area contributed by atoms with Gasteiger partial charge in [0.05, 0.1) is 12.4 Å². The van der Waals surface area contributed by atoms with Crippen LogP contribution in [-0.4, -0.2) is 29.0 Å². The third-order valence-corrected chi connectivity index (χ3v) is 2.95. The summed E-state index contributed by atoms with van der Waals surface area (Å²) in [5, 5.41) is 3.54. The molecule has 0 unspecified atom stereocenters. The van der Waals surface area contributed by atoms with Gasteiger partial charge in [0.25, 0.3) is 0 Å². The SMILES string of the molecule is CN(C)c1ccnc(-c2[c-]cc(F)cc2F)c1.[Ir].[NH-]On1cccn1. The molecular formula is C16H15F2IrN5O-2. The fourth-order valence-corrected chi connectivity index (χ4v) is 1.78. The third kappa shape index (κ3) is 5.90. The van der Waals surface area contributed by atoms with Gasteiger partial charge in [-0.15, -0.1) is 22.1 Å². The molecule has 0 aliphatic carbocycles. The molecule has 0 saturated carbocycles. The number of halogens is 2. The first-order chi connectivity index (χ1) is 11.5. The second kappa shape index (κ2) is 9.83. The van der Waals surface area contributed by atoms with E-state index in [4.69, 9.17) is 5.90 Å². The summed E-state index contributed by atoms with van der Waals surface area (Å²) < 4.78 is 26.3. The molecule has 6 nitrogen and oxygen atoms in total. The Kier molecular flexibility index (Phi) is 8.13. The molecule has 1 N–H and O–H groups in total. The number of pyridine rings is 1. The van der Waals surface area contributed by atoms with Gasteiger partial charge in [-0.25, -0.2) is 0 Å². The predicted octanol–water partition coefficient (Wildman–Crippen LogP) is 3.17. The van der Waals surface area contributed by atoms with E-state index >= 15 is 0 Å². The number of aromatic nitrogens is 3. The normalized spacial score (nSPS) is 9.48. The van der Waals surface area contributed by atoms with E-state index in [9.17, 15) is 8.78 Å². The Labute approximate surface area is 157 Å². The van der Waals surface area contributed by atoms with Gasteiger partial charge in [0.1, 0.15) is 0 Å². The van der Waals surface area contributed by atoms with E-state index in [0.717, 1.165) is 22.7 Å². The van der Waals surface area contributed by atoms with Crippen LogP contribution in [-0.2, 0) is 20.1 Å². The number of anilines is 1. The summed E-state index contributed by atoms with van der Waals surface area (Å²) in [5.74, 6) is 4.96. The van der Waals surface area contributed by atoms with Crippen LogP contribution in [0, 0.1) is 17.7 Å². The van der Waals surface area contributed by atoms with Gasteiger partial charge in [-0.1, -0.05) is 17.7 Å². The zero-order chi connectivity index (χ0) is 17.5. The van der Waals surface area contributed by atoms with Crippen LogP contribution in [0.1, 0.15) is 0 Å². The van der Waals surface area contributed by atoms with Gasteiger partial charge < -0.3 is 20.7 Å². The Morgan fingerprint density at radius 2 is 2.00 bits per heavy atom. The summed E-state index contributed by atoms with van der Waals surface area (Å²) in [6, 6.07) is 9.70. The van der Waals surface area contributed by atoms with E-state index in [1.807, 2.05) is 25.1 Å². The van der Waals surface area contributed by atoms with Gasteiger partial charge in [-0.3, -0.25) is 8.78 Å². The molecular weight excluding hydrogens is 508 g/mol. The largest absolute Gasteiger partial charge is 0.490 e. The van der Waals surface area contributed by atoms with E-state index in [1.165, 1.54) is 12.4 Å². The van der Waals surface area contributed by atoms with Crippen LogP contribution in [0.15, 0.2) is 48.9 Å². The number of hydrogen-bond acceptors (Lipinski definition) is 4. The molecule has 135 valence electrons. The van der Waals surface area contributed by atoms with Crippen molar-refractivity contribution in [2.75, 3.05) is 19.0 Å². The Morgan fingerprint density at radius 3 is 2.52 bits per heavy atom. The minimum Gasteiger partial charge on any atom is -0.490 e. The zero-order valence-electron chi connectivity index (χ0n) is 13.4. The van der Waals surface area contributed by atoms with Crippen molar-refractivity contribution in [3.63, 3.8) is 0 Å². The molecule has 9 heteroatoms. The van der Waals surface area contributed by atoms with E-state index in [-0.39, 0.29) is 25.7 Å². The molecule has 1 radical (unpaired) electrons. The third-order valence-electron chi connectivity index (χ3n) is 2.95. The second-order valence-corrected chi connectivity index (χ2v) is 4.83. The Hall–Kier alpha value is -2.35. The number of nitrogens with zero attached hydrogens (tertiary/aromatic N) is 4. The molecule has 0 amide bonds. The average Bonchev–Trinajstić information content (AvgIpc) is 3.09. The molecule has 3 rings (SSSR count). The minimum atomic E-state index is -0.659. The van der Waals surface area contributed by atoms with E-state index < -0.39 is 11.6 Å². The van der Waals surface area contributed by atoms with Crippen LogP contribution in [0.4, 0.5) is 14.5 Å². The van der Waals surface area contributed by atoms with Crippen LogP contribution < -0.4 is 9.84 Å². The van der Waals surface area contributed by atoms with Crippen molar-refractivity contribution in [3.05, 3.63) is 72.5 Å². The van der Waals surface area contributed by atoms with Crippen LogP contribution in [0.25, 0.3) is 17.2 Å². The Morgan fingerprint density at radius 1 is 1.24 bits per heavy atom. The van der Waals surface area contributed by atoms with Gasteiger partial charge in [0, 0.05) is 57.7 Å². The minimum absolute atomic E-state index is 0. The van der Waals surface area contributed by atoms with Crippen molar-refractivity contribution in [1.82, 2.24) is 14.9 Å². The van der Waals surface area contributed by atoms with Crippen LogP contribution >= 0.6 is 0 Å². The number of benzene rings is 1. The van der Waals surface area contributed by atoms with Gasteiger partial charge >= 0.3 is 0 Å². The van der Waals surface area contributed by atoms with Crippen LogP contribution in [0.3, 0.4) is 0 Å². The predicted molar refractivity (Wildman–Crippen MR) is 85.9 cm³/mol. The zero-order valence-corrected chi connectivity index (χ0v) is 15.8. The maximum Gasteiger partial charge on any atom is 0.0652 e. The molecule has 0 aliphatic rings.